The number of aliphatic hydroxyl groups is 1. The Kier molecular flexibility index (Phi) is 5.84. The van der Waals surface area contributed by atoms with Crippen LogP contribution in [0.5, 0.6) is 0 Å². The van der Waals surface area contributed by atoms with E-state index in [0.29, 0.717) is 18.7 Å². The number of pyridine rings is 1. The minimum atomic E-state index is -0.674. The molecule has 0 radical (unpaired) electrons. The second kappa shape index (κ2) is 8.67. The number of aliphatic hydroxyl groups excluding tert-OH is 1. The number of nitrogens with zero attached hydrogens (tertiary/aromatic N) is 2. The Labute approximate surface area is 165 Å². The molecule has 2 N–H and O–H groups in total. The molecule has 2 heterocycles. The van der Waals surface area contributed by atoms with Crippen LogP contribution in [0.1, 0.15) is 36.5 Å². The summed E-state index contributed by atoms with van der Waals surface area (Å²) >= 11 is 0. The molecule has 0 spiro atoms. The highest BCUT2D eigenvalue weighted by molar-refractivity contribution is 5.81. The molecule has 2 aromatic carbocycles. The summed E-state index contributed by atoms with van der Waals surface area (Å²) in [6.07, 6.45) is 3.00. The molecule has 1 saturated heterocycles. The molecule has 0 aliphatic carbocycles. The fourth-order valence-electron chi connectivity index (χ4n) is 3.81. The zero-order valence-electron chi connectivity index (χ0n) is 15.9. The Hall–Kier alpha value is -2.50. The molecule has 1 fully saturated rings. The Bertz CT molecular complexity index is 923. The van der Waals surface area contributed by atoms with Gasteiger partial charge in [0.1, 0.15) is 11.6 Å². The highest BCUT2D eigenvalue weighted by atomic mass is 19.1. The first kappa shape index (κ1) is 18.8. The predicted octanol–water partition coefficient (Wildman–Crippen LogP) is 4.19. The fraction of sp³-hybridized carbons (Fsp3) is 0.348. The molecule has 1 unspecified atom stereocenters. The molecule has 0 saturated carbocycles. The zero-order valence-corrected chi connectivity index (χ0v) is 15.9. The third kappa shape index (κ3) is 4.32. The van der Waals surface area contributed by atoms with Crippen molar-refractivity contribution in [3.05, 3.63) is 71.5 Å². The lowest BCUT2D eigenvalue weighted by molar-refractivity contribution is 0.174. The third-order valence-electron chi connectivity index (χ3n) is 5.34. The van der Waals surface area contributed by atoms with Gasteiger partial charge in [-0.25, -0.2) is 9.37 Å². The first-order chi connectivity index (χ1) is 13.7. The Morgan fingerprint density at radius 1 is 1.04 bits per heavy atom. The van der Waals surface area contributed by atoms with Gasteiger partial charge >= 0.3 is 0 Å². The number of rotatable bonds is 6. The average Bonchev–Trinajstić information content (AvgIpc) is 2.74. The monoisotopic (exact) mass is 379 g/mol. The first-order valence-corrected chi connectivity index (χ1v) is 9.98. The molecule has 1 atom stereocenters. The smallest absolute Gasteiger partial charge is 0.133 e. The van der Waals surface area contributed by atoms with E-state index >= 15 is 0 Å². The molecule has 1 aliphatic heterocycles. The van der Waals surface area contributed by atoms with E-state index in [4.69, 9.17) is 4.98 Å². The Morgan fingerprint density at radius 3 is 2.57 bits per heavy atom. The van der Waals surface area contributed by atoms with E-state index in [1.165, 1.54) is 31.4 Å². The van der Waals surface area contributed by atoms with Gasteiger partial charge in [-0.15, -0.1) is 0 Å². The number of halogens is 1. The molecule has 4 nitrogen and oxygen atoms in total. The quantitative estimate of drug-likeness (QED) is 0.674. The molecule has 0 amide bonds. The SMILES string of the molecule is OC(CNCc1cc2ccccc2nc1N1CCCCC1)c1ccc(F)cc1. The van der Waals surface area contributed by atoms with Crippen LogP contribution in [0.25, 0.3) is 10.9 Å². The van der Waals surface area contributed by atoms with Crippen molar-refractivity contribution in [3.8, 4) is 0 Å². The molecule has 3 aromatic rings. The van der Waals surface area contributed by atoms with Crippen LogP contribution >= 0.6 is 0 Å². The van der Waals surface area contributed by atoms with Crippen LogP contribution in [0.4, 0.5) is 10.2 Å². The van der Waals surface area contributed by atoms with Crippen molar-refractivity contribution in [2.24, 2.45) is 0 Å². The van der Waals surface area contributed by atoms with E-state index < -0.39 is 6.10 Å². The maximum Gasteiger partial charge on any atom is 0.133 e. The van der Waals surface area contributed by atoms with E-state index in [0.717, 1.165) is 35.4 Å². The largest absolute Gasteiger partial charge is 0.387 e. The summed E-state index contributed by atoms with van der Waals surface area (Å²) in [4.78, 5) is 7.32. The number of para-hydroxylation sites is 1. The van der Waals surface area contributed by atoms with E-state index in [9.17, 15) is 9.50 Å². The number of benzene rings is 2. The lowest BCUT2D eigenvalue weighted by Crippen LogP contribution is -2.32. The number of anilines is 1. The average molecular weight is 379 g/mol. The molecule has 28 heavy (non-hydrogen) atoms. The van der Waals surface area contributed by atoms with Crippen LogP contribution < -0.4 is 10.2 Å². The van der Waals surface area contributed by atoms with Crippen molar-refractivity contribution in [3.63, 3.8) is 0 Å². The number of piperidine rings is 1. The third-order valence-corrected chi connectivity index (χ3v) is 5.34. The predicted molar refractivity (Wildman–Crippen MR) is 111 cm³/mol. The number of fused-ring (bicyclic) bond motifs is 1. The Balaban J connectivity index is 1.50. The van der Waals surface area contributed by atoms with E-state index in [1.54, 1.807) is 12.1 Å². The molecule has 1 aliphatic rings. The van der Waals surface area contributed by atoms with Gasteiger partial charge in [0, 0.05) is 37.1 Å². The van der Waals surface area contributed by atoms with Crippen LogP contribution in [-0.2, 0) is 6.54 Å². The minimum absolute atomic E-state index is 0.294. The van der Waals surface area contributed by atoms with Gasteiger partial charge in [0.15, 0.2) is 0 Å². The normalized spacial score (nSPS) is 15.7. The van der Waals surface area contributed by atoms with Gasteiger partial charge in [0.25, 0.3) is 0 Å². The maximum atomic E-state index is 13.1. The molecule has 4 rings (SSSR count). The number of nitrogens with one attached hydrogen (secondary N) is 1. The molecular weight excluding hydrogens is 353 g/mol. The second-order valence-corrected chi connectivity index (χ2v) is 7.41. The van der Waals surface area contributed by atoms with Crippen LogP contribution in [-0.4, -0.2) is 29.7 Å². The molecular formula is C23H26FN3O. The van der Waals surface area contributed by atoms with Crippen LogP contribution in [0.15, 0.2) is 54.6 Å². The summed E-state index contributed by atoms with van der Waals surface area (Å²) in [5.41, 5.74) is 2.87. The standard InChI is InChI=1S/C23H26FN3O/c24-20-10-8-17(9-11-20)22(28)16-25-15-19-14-18-6-2-3-7-21(18)26-23(19)27-12-4-1-5-13-27/h2-3,6-11,14,22,25,28H,1,4-5,12-13,15-16H2. The highest BCUT2D eigenvalue weighted by Crippen LogP contribution is 2.26. The fourth-order valence-corrected chi connectivity index (χ4v) is 3.81. The van der Waals surface area contributed by atoms with Crippen molar-refractivity contribution >= 4 is 16.7 Å². The Morgan fingerprint density at radius 2 is 1.79 bits per heavy atom. The van der Waals surface area contributed by atoms with Crippen LogP contribution in [0.3, 0.4) is 0 Å². The molecule has 1 aromatic heterocycles. The molecule has 5 heteroatoms. The zero-order chi connectivity index (χ0) is 19.3. The summed E-state index contributed by atoms with van der Waals surface area (Å²) in [6, 6.07) is 16.4. The van der Waals surface area contributed by atoms with E-state index in [2.05, 4.69) is 28.4 Å². The van der Waals surface area contributed by atoms with Gasteiger partial charge in [0.05, 0.1) is 11.6 Å². The molecule has 146 valence electrons. The van der Waals surface area contributed by atoms with Gasteiger partial charge in [-0.3, -0.25) is 0 Å². The maximum absolute atomic E-state index is 13.1. The van der Waals surface area contributed by atoms with Gasteiger partial charge in [0.2, 0.25) is 0 Å². The lowest BCUT2D eigenvalue weighted by Gasteiger charge is -2.30. The summed E-state index contributed by atoms with van der Waals surface area (Å²) in [5, 5.41) is 14.8. The molecule has 0 bridgehead atoms. The van der Waals surface area contributed by atoms with Crippen molar-refractivity contribution in [2.45, 2.75) is 31.9 Å². The van der Waals surface area contributed by atoms with Crippen molar-refractivity contribution in [1.82, 2.24) is 10.3 Å². The highest BCUT2D eigenvalue weighted by Gasteiger charge is 2.17. The number of hydrogen-bond acceptors (Lipinski definition) is 4. The minimum Gasteiger partial charge on any atom is -0.387 e. The number of hydrogen-bond donors (Lipinski definition) is 2. The lowest BCUT2D eigenvalue weighted by atomic mass is 10.1. The topological polar surface area (TPSA) is 48.4 Å². The first-order valence-electron chi connectivity index (χ1n) is 9.98. The van der Waals surface area contributed by atoms with Crippen molar-refractivity contribution in [2.75, 3.05) is 24.5 Å². The van der Waals surface area contributed by atoms with Gasteiger partial charge in [-0.05, 0) is 49.1 Å². The summed E-state index contributed by atoms with van der Waals surface area (Å²) in [5.74, 6) is 0.750. The van der Waals surface area contributed by atoms with Crippen LogP contribution in [0, 0.1) is 5.82 Å². The van der Waals surface area contributed by atoms with Gasteiger partial charge in [-0.1, -0.05) is 30.3 Å². The van der Waals surface area contributed by atoms with Gasteiger partial charge in [-0.2, -0.15) is 0 Å². The summed E-state index contributed by atoms with van der Waals surface area (Å²) < 4.78 is 13.1. The van der Waals surface area contributed by atoms with E-state index in [1.807, 2.05) is 12.1 Å². The number of aromatic nitrogens is 1. The van der Waals surface area contributed by atoms with Crippen molar-refractivity contribution in [1.29, 1.82) is 0 Å². The van der Waals surface area contributed by atoms with E-state index in [-0.39, 0.29) is 5.82 Å². The van der Waals surface area contributed by atoms with Gasteiger partial charge < -0.3 is 15.3 Å². The second-order valence-electron chi connectivity index (χ2n) is 7.41. The van der Waals surface area contributed by atoms with Crippen molar-refractivity contribution < 1.29 is 9.50 Å². The van der Waals surface area contributed by atoms with Crippen LogP contribution in [0.2, 0.25) is 0 Å². The summed E-state index contributed by atoms with van der Waals surface area (Å²) in [6.45, 7) is 3.10. The summed E-state index contributed by atoms with van der Waals surface area (Å²) in [7, 11) is 0.